The summed E-state index contributed by atoms with van der Waals surface area (Å²) in [5.74, 6) is -1.56. The Morgan fingerprint density at radius 2 is 2.15 bits per heavy atom. The fourth-order valence-corrected chi connectivity index (χ4v) is 1.99. The Kier molecular flexibility index (Phi) is 3.90. The first-order valence-corrected chi connectivity index (χ1v) is 6.20. The molecule has 0 aliphatic heterocycles. The minimum absolute atomic E-state index is 0.412. The van der Waals surface area contributed by atoms with Crippen molar-refractivity contribution in [3.8, 4) is 5.69 Å². The van der Waals surface area contributed by atoms with Crippen LogP contribution in [0.4, 0.5) is 4.39 Å². The summed E-state index contributed by atoms with van der Waals surface area (Å²) in [6.07, 6.45) is 2.27. The third-order valence-corrected chi connectivity index (χ3v) is 3.37. The number of carbonyl (C=O) groups is 1. The van der Waals surface area contributed by atoms with Gasteiger partial charge in [-0.1, -0.05) is 11.6 Å². The van der Waals surface area contributed by atoms with Gasteiger partial charge in [0, 0.05) is 11.6 Å². The maximum atomic E-state index is 13.3. The summed E-state index contributed by atoms with van der Waals surface area (Å²) in [6, 6.07) is 4.07. The Bertz CT molecular complexity index is 707. The highest BCUT2D eigenvalue weighted by atomic mass is 35.5. The SMILES string of the molecule is Cc1nn(-c2ccc(F)cc2C=CC(=O)O)c(C)c1Cl. The van der Waals surface area contributed by atoms with Gasteiger partial charge in [0.25, 0.3) is 0 Å². The summed E-state index contributed by atoms with van der Waals surface area (Å²) in [4.78, 5) is 10.6. The molecule has 0 bridgehead atoms. The van der Waals surface area contributed by atoms with E-state index in [0.717, 1.165) is 6.08 Å². The van der Waals surface area contributed by atoms with E-state index in [2.05, 4.69) is 5.10 Å². The van der Waals surface area contributed by atoms with Crippen LogP contribution >= 0.6 is 11.6 Å². The lowest BCUT2D eigenvalue weighted by Crippen LogP contribution is -2.02. The summed E-state index contributed by atoms with van der Waals surface area (Å²) in [7, 11) is 0. The van der Waals surface area contributed by atoms with Crippen LogP contribution in [0.5, 0.6) is 0 Å². The normalized spacial score (nSPS) is 11.2. The summed E-state index contributed by atoms with van der Waals surface area (Å²) < 4.78 is 14.9. The number of carboxylic acids is 1. The Morgan fingerprint density at radius 3 is 2.70 bits per heavy atom. The molecule has 0 aliphatic carbocycles. The van der Waals surface area contributed by atoms with Crippen molar-refractivity contribution >= 4 is 23.6 Å². The van der Waals surface area contributed by atoms with E-state index < -0.39 is 11.8 Å². The molecule has 0 spiro atoms. The molecule has 0 fully saturated rings. The number of aryl methyl sites for hydroxylation is 1. The molecular formula is C14H12ClFN2O2. The number of aromatic nitrogens is 2. The van der Waals surface area contributed by atoms with Gasteiger partial charge in [-0.05, 0) is 38.1 Å². The van der Waals surface area contributed by atoms with Crippen LogP contribution in [0, 0.1) is 19.7 Å². The fourth-order valence-electron chi connectivity index (χ4n) is 1.87. The zero-order valence-electron chi connectivity index (χ0n) is 10.9. The first-order valence-electron chi connectivity index (χ1n) is 5.83. The van der Waals surface area contributed by atoms with E-state index in [9.17, 15) is 9.18 Å². The number of carboxylic acid groups (broad SMARTS) is 1. The van der Waals surface area contributed by atoms with Crippen molar-refractivity contribution in [3.63, 3.8) is 0 Å². The standard InChI is InChI=1S/C14H12ClFN2O2/c1-8-14(15)9(2)18(17-8)12-5-4-11(16)7-10(12)3-6-13(19)20/h3-7H,1-2H3,(H,19,20). The molecule has 4 nitrogen and oxygen atoms in total. The van der Waals surface area contributed by atoms with E-state index in [4.69, 9.17) is 16.7 Å². The number of hydrogen-bond acceptors (Lipinski definition) is 2. The molecule has 6 heteroatoms. The molecule has 0 saturated heterocycles. The van der Waals surface area contributed by atoms with Crippen LogP contribution in [0.2, 0.25) is 5.02 Å². The van der Waals surface area contributed by atoms with Gasteiger partial charge in [0.15, 0.2) is 0 Å². The predicted octanol–water partition coefficient (Wildman–Crippen LogP) is 3.38. The van der Waals surface area contributed by atoms with Gasteiger partial charge < -0.3 is 5.11 Å². The van der Waals surface area contributed by atoms with Crippen LogP contribution in [0.15, 0.2) is 24.3 Å². The van der Waals surface area contributed by atoms with Gasteiger partial charge in [-0.3, -0.25) is 0 Å². The first-order chi connectivity index (χ1) is 9.40. The Labute approximate surface area is 120 Å². The number of benzene rings is 1. The second kappa shape index (κ2) is 5.46. The predicted molar refractivity (Wildman–Crippen MR) is 74.7 cm³/mol. The van der Waals surface area contributed by atoms with Gasteiger partial charge >= 0.3 is 5.97 Å². The van der Waals surface area contributed by atoms with Crippen LogP contribution in [0.1, 0.15) is 17.0 Å². The van der Waals surface area contributed by atoms with Gasteiger partial charge in [0.05, 0.1) is 22.1 Å². The van der Waals surface area contributed by atoms with E-state index in [0.29, 0.717) is 27.7 Å². The molecule has 0 unspecified atom stereocenters. The van der Waals surface area contributed by atoms with Crippen molar-refractivity contribution in [2.75, 3.05) is 0 Å². The van der Waals surface area contributed by atoms with Crippen LogP contribution in [0.25, 0.3) is 11.8 Å². The van der Waals surface area contributed by atoms with Crippen molar-refractivity contribution in [2.24, 2.45) is 0 Å². The van der Waals surface area contributed by atoms with Crippen molar-refractivity contribution in [1.29, 1.82) is 0 Å². The number of aliphatic carboxylic acids is 1. The van der Waals surface area contributed by atoms with Crippen LogP contribution < -0.4 is 0 Å². The molecule has 104 valence electrons. The topological polar surface area (TPSA) is 55.1 Å². The molecule has 2 aromatic rings. The quantitative estimate of drug-likeness (QED) is 0.883. The van der Waals surface area contributed by atoms with Gasteiger partial charge in [-0.15, -0.1) is 0 Å². The molecule has 1 aromatic heterocycles. The maximum Gasteiger partial charge on any atom is 0.328 e. The molecule has 1 heterocycles. The summed E-state index contributed by atoms with van der Waals surface area (Å²) in [5.41, 5.74) is 2.34. The first kappa shape index (κ1) is 14.3. The Morgan fingerprint density at radius 1 is 1.45 bits per heavy atom. The zero-order valence-corrected chi connectivity index (χ0v) is 11.6. The highest BCUT2D eigenvalue weighted by Crippen LogP contribution is 2.25. The van der Waals surface area contributed by atoms with Crippen molar-refractivity contribution in [1.82, 2.24) is 9.78 Å². The third kappa shape index (κ3) is 2.72. The maximum absolute atomic E-state index is 13.3. The second-order valence-corrected chi connectivity index (χ2v) is 4.65. The summed E-state index contributed by atoms with van der Waals surface area (Å²) >= 11 is 6.09. The number of rotatable bonds is 3. The lowest BCUT2D eigenvalue weighted by atomic mass is 10.1. The van der Waals surface area contributed by atoms with Gasteiger partial charge in [0.2, 0.25) is 0 Å². The van der Waals surface area contributed by atoms with Crippen LogP contribution in [0.3, 0.4) is 0 Å². The van der Waals surface area contributed by atoms with Gasteiger partial charge in [-0.2, -0.15) is 5.10 Å². The summed E-state index contributed by atoms with van der Waals surface area (Å²) in [5, 5.41) is 13.5. The molecule has 0 aliphatic rings. The van der Waals surface area contributed by atoms with Crippen molar-refractivity contribution in [2.45, 2.75) is 13.8 Å². The molecule has 0 amide bonds. The van der Waals surface area contributed by atoms with Crippen LogP contribution in [-0.2, 0) is 4.79 Å². The molecule has 1 aromatic carbocycles. The number of halogens is 2. The van der Waals surface area contributed by atoms with Gasteiger partial charge in [0.1, 0.15) is 5.82 Å². The van der Waals surface area contributed by atoms with E-state index in [1.54, 1.807) is 18.5 Å². The minimum Gasteiger partial charge on any atom is -0.478 e. The minimum atomic E-state index is -1.10. The largest absolute Gasteiger partial charge is 0.478 e. The Balaban J connectivity index is 2.61. The molecule has 20 heavy (non-hydrogen) atoms. The average molecular weight is 295 g/mol. The molecule has 1 N–H and O–H groups in total. The molecule has 0 saturated carbocycles. The van der Waals surface area contributed by atoms with Gasteiger partial charge in [-0.25, -0.2) is 13.9 Å². The monoisotopic (exact) mass is 294 g/mol. The van der Waals surface area contributed by atoms with E-state index in [-0.39, 0.29) is 0 Å². The number of hydrogen-bond donors (Lipinski definition) is 1. The van der Waals surface area contributed by atoms with Crippen LogP contribution in [-0.4, -0.2) is 20.9 Å². The summed E-state index contributed by atoms with van der Waals surface area (Å²) in [6.45, 7) is 3.55. The fraction of sp³-hybridized carbons (Fsp3) is 0.143. The lowest BCUT2D eigenvalue weighted by Gasteiger charge is -2.08. The highest BCUT2D eigenvalue weighted by molar-refractivity contribution is 6.31. The molecule has 2 rings (SSSR count). The zero-order chi connectivity index (χ0) is 14.9. The second-order valence-electron chi connectivity index (χ2n) is 4.27. The van der Waals surface area contributed by atoms with Crippen molar-refractivity contribution in [3.05, 3.63) is 52.1 Å². The van der Waals surface area contributed by atoms with E-state index in [1.165, 1.54) is 24.3 Å². The Hall–Kier alpha value is -2.14. The molecular weight excluding hydrogens is 283 g/mol. The molecule has 0 atom stereocenters. The smallest absolute Gasteiger partial charge is 0.328 e. The third-order valence-electron chi connectivity index (χ3n) is 2.83. The average Bonchev–Trinajstić information content (AvgIpc) is 2.64. The van der Waals surface area contributed by atoms with E-state index >= 15 is 0 Å². The molecule has 0 radical (unpaired) electrons. The number of nitrogens with zero attached hydrogens (tertiary/aromatic N) is 2. The van der Waals surface area contributed by atoms with Crippen molar-refractivity contribution < 1.29 is 14.3 Å². The van der Waals surface area contributed by atoms with E-state index in [1.807, 2.05) is 0 Å². The lowest BCUT2D eigenvalue weighted by molar-refractivity contribution is -0.131. The highest BCUT2D eigenvalue weighted by Gasteiger charge is 2.13.